The molecular formula is C18H27NO2. The molecule has 2 rings (SSSR count). The van der Waals surface area contributed by atoms with Crippen LogP contribution in [0, 0.1) is 12.3 Å². The lowest BCUT2D eigenvalue weighted by molar-refractivity contribution is -0.0390. The van der Waals surface area contributed by atoms with Gasteiger partial charge in [-0.3, -0.25) is 0 Å². The Balaban J connectivity index is 2.44. The average molecular weight is 289 g/mol. The first-order chi connectivity index (χ1) is 9.88. The number of fused-ring (bicyclic) bond motifs is 1. The van der Waals surface area contributed by atoms with E-state index in [-0.39, 0.29) is 17.6 Å². The van der Waals surface area contributed by atoms with E-state index in [0.717, 1.165) is 22.3 Å². The molecular weight excluding hydrogens is 262 g/mol. The Bertz CT molecular complexity index is 595. The van der Waals surface area contributed by atoms with Crippen LogP contribution in [0.3, 0.4) is 0 Å². The molecule has 3 nitrogen and oxygen atoms in total. The lowest BCUT2D eigenvalue weighted by Crippen LogP contribution is -2.40. The average Bonchev–Trinajstić information content (AvgIpc) is 2.83. The Morgan fingerprint density at radius 1 is 1.29 bits per heavy atom. The van der Waals surface area contributed by atoms with Crippen molar-refractivity contribution >= 4 is 11.0 Å². The van der Waals surface area contributed by atoms with Crippen molar-refractivity contribution in [3.63, 3.8) is 0 Å². The first kappa shape index (κ1) is 16.1. The number of benzene rings is 1. The third-order valence-electron chi connectivity index (χ3n) is 3.88. The van der Waals surface area contributed by atoms with Crippen LogP contribution in [0.4, 0.5) is 0 Å². The van der Waals surface area contributed by atoms with E-state index in [1.807, 2.05) is 14.0 Å². The van der Waals surface area contributed by atoms with Crippen molar-refractivity contribution in [3.8, 4) is 0 Å². The minimum absolute atomic E-state index is 0.0255. The second-order valence-corrected chi connectivity index (χ2v) is 6.65. The minimum atomic E-state index is 0.0255. The maximum Gasteiger partial charge on any atom is 0.137 e. The van der Waals surface area contributed by atoms with E-state index in [2.05, 4.69) is 57.3 Å². The van der Waals surface area contributed by atoms with Crippen molar-refractivity contribution < 1.29 is 9.15 Å². The van der Waals surface area contributed by atoms with Crippen LogP contribution >= 0.6 is 0 Å². The molecule has 0 fully saturated rings. The van der Waals surface area contributed by atoms with Crippen LogP contribution < -0.4 is 5.32 Å². The summed E-state index contributed by atoms with van der Waals surface area (Å²) in [6.45, 7) is 11.4. The summed E-state index contributed by atoms with van der Waals surface area (Å²) in [5.41, 5.74) is 2.16. The fourth-order valence-electron chi connectivity index (χ4n) is 2.85. The van der Waals surface area contributed by atoms with E-state index in [1.54, 1.807) is 0 Å². The van der Waals surface area contributed by atoms with Crippen molar-refractivity contribution in [2.75, 3.05) is 13.7 Å². The fraction of sp³-hybridized carbons (Fsp3) is 0.556. The molecule has 0 saturated carbocycles. The SMILES string of the molecule is CCOC(C(NC)c1cc2cccc(C)c2o1)C(C)(C)C. The summed E-state index contributed by atoms with van der Waals surface area (Å²) < 4.78 is 12.1. The highest BCUT2D eigenvalue weighted by Gasteiger charge is 2.35. The van der Waals surface area contributed by atoms with Gasteiger partial charge in [0.25, 0.3) is 0 Å². The molecule has 0 radical (unpaired) electrons. The fourth-order valence-corrected chi connectivity index (χ4v) is 2.85. The molecule has 2 unspecified atom stereocenters. The van der Waals surface area contributed by atoms with Crippen LogP contribution in [0.25, 0.3) is 11.0 Å². The summed E-state index contributed by atoms with van der Waals surface area (Å²) in [4.78, 5) is 0. The summed E-state index contributed by atoms with van der Waals surface area (Å²) in [7, 11) is 1.96. The molecule has 1 aromatic heterocycles. The number of hydrogen-bond donors (Lipinski definition) is 1. The third-order valence-corrected chi connectivity index (χ3v) is 3.88. The van der Waals surface area contributed by atoms with Gasteiger partial charge >= 0.3 is 0 Å². The largest absolute Gasteiger partial charge is 0.459 e. The number of nitrogens with one attached hydrogen (secondary N) is 1. The highest BCUT2D eigenvalue weighted by molar-refractivity contribution is 5.81. The molecule has 0 spiro atoms. The van der Waals surface area contributed by atoms with Gasteiger partial charge in [0.15, 0.2) is 0 Å². The molecule has 0 aliphatic rings. The number of rotatable bonds is 5. The van der Waals surface area contributed by atoms with Crippen LogP contribution in [0.2, 0.25) is 0 Å². The van der Waals surface area contributed by atoms with Gasteiger partial charge in [-0.25, -0.2) is 0 Å². The molecule has 1 heterocycles. The summed E-state index contributed by atoms with van der Waals surface area (Å²) in [5.74, 6) is 0.940. The third kappa shape index (κ3) is 3.30. The van der Waals surface area contributed by atoms with Crippen LogP contribution in [0.15, 0.2) is 28.7 Å². The molecule has 1 N–H and O–H groups in total. The zero-order valence-corrected chi connectivity index (χ0v) is 14.0. The smallest absolute Gasteiger partial charge is 0.137 e. The monoisotopic (exact) mass is 289 g/mol. The van der Waals surface area contributed by atoms with Crippen molar-refractivity contribution in [1.82, 2.24) is 5.32 Å². The first-order valence-corrected chi connectivity index (χ1v) is 7.66. The topological polar surface area (TPSA) is 34.4 Å². The quantitative estimate of drug-likeness (QED) is 0.883. The van der Waals surface area contributed by atoms with Gasteiger partial charge in [-0.05, 0) is 37.9 Å². The lowest BCUT2D eigenvalue weighted by Gasteiger charge is -2.35. The molecule has 21 heavy (non-hydrogen) atoms. The van der Waals surface area contributed by atoms with Gasteiger partial charge in [0, 0.05) is 12.0 Å². The van der Waals surface area contributed by atoms with Gasteiger partial charge in [0.2, 0.25) is 0 Å². The second-order valence-electron chi connectivity index (χ2n) is 6.65. The number of hydrogen-bond acceptors (Lipinski definition) is 3. The summed E-state index contributed by atoms with van der Waals surface area (Å²) >= 11 is 0. The van der Waals surface area contributed by atoms with Crippen molar-refractivity contribution in [3.05, 3.63) is 35.6 Å². The number of ether oxygens (including phenoxy) is 1. The number of likely N-dealkylation sites (N-methyl/N-ethyl adjacent to an activating group) is 1. The van der Waals surface area contributed by atoms with E-state index in [9.17, 15) is 0 Å². The standard InChI is InChI=1S/C18H27NO2/c1-7-20-17(18(3,4)5)15(19-6)14-11-13-10-8-9-12(2)16(13)21-14/h8-11,15,17,19H,7H2,1-6H3. The van der Waals surface area contributed by atoms with Crippen molar-refractivity contribution in [1.29, 1.82) is 0 Å². The molecule has 1 aromatic carbocycles. The molecule has 3 heteroatoms. The van der Waals surface area contributed by atoms with Gasteiger partial charge in [-0.15, -0.1) is 0 Å². The molecule has 2 atom stereocenters. The Labute approximate surface area is 127 Å². The molecule has 0 bridgehead atoms. The second kappa shape index (κ2) is 6.20. The summed E-state index contributed by atoms with van der Waals surface area (Å²) in [6, 6.07) is 8.40. The minimum Gasteiger partial charge on any atom is -0.459 e. The Morgan fingerprint density at radius 2 is 2.00 bits per heavy atom. The van der Waals surface area contributed by atoms with Gasteiger partial charge in [0.1, 0.15) is 11.3 Å². The molecule has 2 aromatic rings. The van der Waals surface area contributed by atoms with E-state index in [1.165, 1.54) is 0 Å². The summed E-state index contributed by atoms with van der Waals surface area (Å²) in [6.07, 6.45) is 0.0494. The van der Waals surface area contributed by atoms with Gasteiger partial charge in [-0.2, -0.15) is 0 Å². The predicted molar refractivity (Wildman–Crippen MR) is 87.6 cm³/mol. The molecule has 116 valence electrons. The van der Waals surface area contributed by atoms with Gasteiger partial charge in [-0.1, -0.05) is 39.0 Å². The van der Waals surface area contributed by atoms with Crippen LogP contribution in [-0.4, -0.2) is 19.8 Å². The molecule has 0 aliphatic heterocycles. The number of para-hydroxylation sites is 1. The lowest BCUT2D eigenvalue weighted by atomic mass is 9.83. The highest BCUT2D eigenvalue weighted by atomic mass is 16.5. The van der Waals surface area contributed by atoms with E-state index < -0.39 is 0 Å². The molecule has 0 saturated heterocycles. The Morgan fingerprint density at radius 3 is 2.52 bits per heavy atom. The first-order valence-electron chi connectivity index (χ1n) is 7.66. The van der Waals surface area contributed by atoms with E-state index in [4.69, 9.17) is 9.15 Å². The van der Waals surface area contributed by atoms with Crippen molar-refractivity contribution in [2.45, 2.75) is 46.8 Å². The highest BCUT2D eigenvalue weighted by Crippen LogP contribution is 2.35. The van der Waals surface area contributed by atoms with Crippen LogP contribution in [-0.2, 0) is 4.74 Å². The van der Waals surface area contributed by atoms with Crippen LogP contribution in [0.1, 0.15) is 45.1 Å². The maximum absolute atomic E-state index is 6.13. The summed E-state index contributed by atoms with van der Waals surface area (Å²) in [5, 5.41) is 4.52. The van der Waals surface area contributed by atoms with Gasteiger partial charge in [0.05, 0.1) is 12.1 Å². The van der Waals surface area contributed by atoms with Crippen molar-refractivity contribution in [2.24, 2.45) is 5.41 Å². The van der Waals surface area contributed by atoms with E-state index in [0.29, 0.717) is 6.61 Å². The van der Waals surface area contributed by atoms with Crippen LogP contribution in [0.5, 0.6) is 0 Å². The Hall–Kier alpha value is -1.32. The number of aryl methyl sites for hydroxylation is 1. The predicted octanol–water partition coefficient (Wildman–Crippen LogP) is 4.45. The zero-order valence-electron chi connectivity index (χ0n) is 14.0. The molecule has 0 amide bonds. The molecule has 0 aliphatic carbocycles. The number of furan rings is 1. The normalized spacial score (nSPS) is 15.3. The maximum atomic E-state index is 6.13. The zero-order chi connectivity index (χ0) is 15.6. The van der Waals surface area contributed by atoms with E-state index >= 15 is 0 Å². The van der Waals surface area contributed by atoms with Gasteiger partial charge < -0.3 is 14.5 Å². The Kier molecular flexibility index (Phi) is 4.74.